The molecule has 0 aliphatic rings. The van der Waals surface area contributed by atoms with Gasteiger partial charge >= 0.3 is 0 Å². The highest BCUT2D eigenvalue weighted by Crippen LogP contribution is 2.25. The van der Waals surface area contributed by atoms with Gasteiger partial charge in [-0.2, -0.15) is 0 Å². The van der Waals surface area contributed by atoms with Crippen molar-refractivity contribution in [2.45, 2.75) is 32.7 Å². The molecule has 0 heterocycles. The first-order valence-corrected chi connectivity index (χ1v) is 7.12. The number of benzene rings is 2. The predicted molar refractivity (Wildman–Crippen MR) is 84.1 cm³/mol. The van der Waals surface area contributed by atoms with E-state index in [1.807, 2.05) is 30.3 Å². The third kappa shape index (κ3) is 3.61. The van der Waals surface area contributed by atoms with E-state index in [0.29, 0.717) is 12.5 Å². The van der Waals surface area contributed by atoms with Crippen LogP contribution in [0.1, 0.15) is 42.5 Å². The SMILES string of the molecule is Cc1ccc(C(C)C)cc1OCC(N)c1ccccc1. The molecule has 0 aliphatic heterocycles. The Kier molecular flexibility index (Phi) is 4.80. The quantitative estimate of drug-likeness (QED) is 0.883. The normalized spacial score (nSPS) is 12.4. The van der Waals surface area contributed by atoms with Crippen molar-refractivity contribution in [1.82, 2.24) is 0 Å². The van der Waals surface area contributed by atoms with Crippen molar-refractivity contribution in [3.63, 3.8) is 0 Å². The molecule has 20 heavy (non-hydrogen) atoms. The van der Waals surface area contributed by atoms with E-state index in [1.54, 1.807) is 0 Å². The minimum Gasteiger partial charge on any atom is -0.491 e. The molecule has 0 bridgehead atoms. The zero-order chi connectivity index (χ0) is 14.5. The van der Waals surface area contributed by atoms with Gasteiger partial charge in [-0.05, 0) is 35.6 Å². The summed E-state index contributed by atoms with van der Waals surface area (Å²) < 4.78 is 5.92. The second kappa shape index (κ2) is 6.58. The first-order chi connectivity index (χ1) is 9.58. The first kappa shape index (κ1) is 14.6. The fourth-order valence-electron chi connectivity index (χ4n) is 2.11. The van der Waals surface area contributed by atoms with Crippen LogP contribution in [-0.4, -0.2) is 6.61 Å². The minimum absolute atomic E-state index is 0.0988. The molecule has 0 fully saturated rings. The van der Waals surface area contributed by atoms with Crippen LogP contribution in [0.5, 0.6) is 5.75 Å². The molecule has 0 aromatic heterocycles. The Hall–Kier alpha value is -1.80. The molecule has 2 aromatic rings. The summed E-state index contributed by atoms with van der Waals surface area (Å²) in [5.41, 5.74) is 9.71. The van der Waals surface area contributed by atoms with E-state index in [-0.39, 0.29) is 6.04 Å². The van der Waals surface area contributed by atoms with Crippen LogP contribution in [0.4, 0.5) is 0 Å². The maximum atomic E-state index is 6.17. The molecule has 1 unspecified atom stereocenters. The summed E-state index contributed by atoms with van der Waals surface area (Å²) in [6.45, 7) is 6.92. The summed E-state index contributed by atoms with van der Waals surface area (Å²) in [5.74, 6) is 1.43. The highest BCUT2D eigenvalue weighted by Gasteiger charge is 2.09. The van der Waals surface area contributed by atoms with Crippen molar-refractivity contribution in [2.24, 2.45) is 5.73 Å². The Morgan fingerprint density at radius 1 is 1.00 bits per heavy atom. The number of aryl methyl sites for hydroxylation is 1. The molecule has 0 saturated carbocycles. The molecule has 2 nitrogen and oxygen atoms in total. The first-order valence-electron chi connectivity index (χ1n) is 7.12. The van der Waals surface area contributed by atoms with E-state index < -0.39 is 0 Å². The summed E-state index contributed by atoms with van der Waals surface area (Å²) >= 11 is 0. The van der Waals surface area contributed by atoms with E-state index in [9.17, 15) is 0 Å². The fourth-order valence-corrected chi connectivity index (χ4v) is 2.11. The van der Waals surface area contributed by atoms with Gasteiger partial charge in [-0.3, -0.25) is 0 Å². The van der Waals surface area contributed by atoms with E-state index in [0.717, 1.165) is 16.9 Å². The van der Waals surface area contributed by atoms with Gasteiger partial charge in [0.15, 0.2) is 0 Å². The topological polar surface area (TPSA) is 35.2 Å². The van der Waals surface area contributed by atoms with E-state index in [2.05, 4.69) is 39.0 Å². The summed E-state index contributed by atoms with van der Waals surface area (Å²) in [6.07, 6.45) is 0. The van der Waals surface area contributed by atoms with Crippen LogP contribution >= 0.6 is 0 Å². The molecular formula is C18H23NO. The Bertz CT molecular complexity index is 549. The highest BCUT2D eigenvalue weighted by atomic mass is 16.5. The molecule has 1 atom stereocenters. The number of nitrogens with two attached hydrogens (primary N) is 1. The smallest absolute Gasteiger partial charge is 0.122 e. The molecule has 2 aromatic carbocycles. The Labute approximate surface area is 121 Å². The van der Waals surface area contributed by atoms with Crippen LogP contribution in [0.2, 0.25) is 0 Å². The van der Waals surface area contributed by atoms with Gasteiger partial charge in [0, 0.05) is 0 Å². The van der Waals surface area contributed by atoms with Gasteiger partial charge in [0.2, 0.25) is 0 Å². The van der Waals surface area contributed by atoms with Crippen LogP contribution < -0.4 is 10.5 Å². The fraction of sp³-hybridized carbons (Fsp3) is 0.333. The largest absolute Gasteiger partial charge is 0.491 e. The van der Waals surface area contributed by atoms with Gasteiger partial charge in [-0.25, -0.2) is 0 Å². The van der Waals surface area contributed by atoms with Gasteiger partial charge in [-0.15, -0.1) is 0 Å². The lowest BCUT2D eigenvalue weighted by atomic mass is 10.0. The Balaban J connectivity index is 2.05. The lowest BCUT2D eigenvalue weighted by Gasteiger charge is -2.16. The van der Waals surface area contributed by atoms with Crippen LogP contribution in [0.3, 0.4) is 0 Å². The van der Waals surface area contributed by atoms with Crippen LogP contribution in [0.15, 0.2) is 48.5 Å². The molecule has 2 heteroatoms. The summed E-state index contributed by atoms with van der Waals surface area (Å²) in [6, 6.07) is 16.3. The zero-order valence-corrected chi connectivity index (χ0v) is 12.5. The highest BCUT2D eigenvalue weighted by molar-refractivity contribution is 5.38. The van der Waals surface area contributed by atoms with Gasteiger partial charge in [-0.1, -0.05) is 56.3 Å². The van der Waals surface area contributed by atoms with Crippen molar-refractivity contribution < 1.29 is 4.74 Å². The summed E-state index contributed by atoms with van der Waals surface area (Å²) in [5, 5.41) is 0. The molecule has 2 N–H and O–H groups in total. The maximum Gasteiger partial charge on any atom is 0.122 e. The average molecular weight is 269 g/mol. The molecule has 0 radical (unpaired) electrons. The Morgan fingerprint density at radius 3 is 2.35 bits per heavy atom. The van der Waals surface area contributed by atoms with Gasteiger partial charge in [0.1, 0.15) is 12.4 Å². The number of ether oxygens (including phenoxy) is 1. The molecule has 0 spiro atoms. The van der Waals surface area contributed by atoms with Crippen LogP contribution in [-0.2, 0) is 0 Å². The molecule has 0 saturated heterocycles. The maximum absolute atomic E-state index is 6.17. The molecular weight excluding hydrogens is 246 g/mol. The standard InChI is InChI=1S/C18H23NO/c1-13(2)16-10-9-14(3)18(11-16)20-12-17(19)15-7-5-4-6-8-15/h4-11,13,17H,12,19H2,1-3H3. The third-order valence-electron chi connectivity index (χ3n) is 3.52. The molecule has 2 rings (SSSR count). The Morgan fingerprint density at radius 2 is 1.70 bits per heavy atom. The molecule has 106 valence electrons. The second-order valence-corrected chi connectivity index (χ2v) is 5.51. The van der Waals surface area contributed by atoms with Crippen molar-refractivity contribution in [2.75, 3.05) is 6.61 Å². The van der Waals surface area contributed by atoms with E-state index >= 15 is 0 Å². The summed E-state index contributed by atoms with van der Waals surface area (Å²) in [4.78, 5) is 0. The predicted octanol–water partition coefficient (Wildman–Crippen LogP) is 4.20. The second-order valence-electron chi connectivity index (χ2n) is 5.51. The zero-order valence-electron chi connectivity index (χ0n) is 12.5. The number of hydrogen-bond acceptors (Lipinski definition) is 2. The third-order valence-corrected chi connectivity index (χ3v) is 3.52. The molecule has 0 amide bonds. The number of rotatable bonds is 5. The minimum atomic E-state index is -0.0988. The van der Waals surface area contributed by atoms with Crippen molar-refractivity contribution in [3.05, 3.63) is 65.2 Å². The van der Waals surface area contributed by atoms with Gasteiger partial charge in [0.05, 0.1) is 6.04 Å². The van der Waals surface area contributed by atoms with E-state index in [4.69, 9.17) is 10.5 Å². The van der Waals surface area contributed by atoms with E-state index in [1.165, 1.54) is 5.56 Å². The monoisotopic (exact) mass is 269 g/mol. The van der Waals surface area contributed by atoms with Crippen LogP contribution in [0.25, 0.3) is 0 Å². The average Bonchev–Trinajstić information content (AvgIpc) is 2.46. The summed E-state index contributed by atoms with van der Waals surface area (Å²) in [7, 11) is 0. The van der Waals surface area contributed by atoms with Gasteiger partial charge in [0.25, 0.3) is 0 Å². The number of hydrogen-bond donors (Lipinski definition) is 1. The lowest BCUT2D eigenvalue weighted by Crippen LogP contribution is -2.19. The lowest BCUT2D eigenvalue weighted by molar-refractivity contribution is 0.288. The van der Waals surface area contributed by atoms with Crippen molar-refractivity contribution in [1.29, 1.82) is 0 Å². The van der Waals surface area contributed by atoms with Crippen molar-refractivity contribution >= 4 is 0 Å². The van der Waals surface area contributed by atoms with Crippen molar-refractivity contribution in [3.8, 4) is 5.75 Å². The molecule has 0 aliphatic carbocycles. The van der Waals surface area contributed by atoms with Gasteiger partial charge < -0.3 is 10.5 Å². The van der Waals surface area contributed by atoms with Crippen LogP contribution in [0, 0.1) is 6.92 Å².